The number of benzene rings is 1. The molecule has 0 bridgehead atoms. The fourth-order valence-corrected chi connectivity index (χ4v) is 1.72. The van der Waals surface area contributed by atoms with E-state index in [1.54, 1.807) is 6.20 Å². The van der Waals surface area contributed by atoms with Crippen molar-refractivity contribution in [3.63, 3.8) is 0 Å². The second-order valence-corrected chi connectivity index (χ2v) is 4.62. The molecule has 0 unspecified atom stereocenters. The van der Waals surface area contributed by atoms with E-state index in [2.05, 4.69) is 20.9 Å². The quantitative estimate of drug-likeness (QED) is 0.942. The number of nitrogens with two attached hydrogens (primary N) is 1. The van der Waals surface area contributed by atoms with Gasteiger partial charge in [-0.2, -0.15) is 0 Å². The molecule has 17 heavy (non-hydrogen) atoms. The first-order chi connectivity index (χ1) is 8.24. The van der Waals surface area contributed by atoms with Gasteiger partial charge >= 0.3 is 0 Å². The summed E-state index contributed by atoms with van der Waals surface area (Å²) in [5.74, 6) is 0.523. The summed E-state index contributed by atoms with van der Waals surface area (Å²) in [5, 5.41) is 0. The van der Waals surface area contributed by atoms with Crippen molar-refractivity contribution >= 4 is 21.7 Å². The fraction of sp³-hybridized carbons (Fsp3) is 0.154. The molecule has 0 aliphatic heterocycles. The van der Waals surface area contributed by atoms with E-state index in [1.807, 2.05) is 36.4 Å². The average Bonchev–Trinajstić information content (AvgIpc) is 2.32. The van der Waals surface area contributed by atoms with Crippen LogP contribution < -0.4 is 5.73 Å². The zero-order chi connectivity index (χ0) is 12.1. The molecule has 2 N–H and O–H groups in total. The predicted octanol–water partition coefficient (Wildman–Crippen LogP) is 3.14. The largest absolute Gasteiger partial charge is 0.384 e. The summed E-state index contributed by atoms with van der Waals surface area (Å²) in [5.41, 5.74) is 7.77. The lowest BCUT2D eigenvalue weighted by Crippen LogP contribution is -1.96. The van der Waals surface area contributed by atoms with Crippen molar-refractivity contribution in [1.29, 1.82) is 0 Å². The summed E-state index contributed by atoms with van der Waals surface area (Å²) in [4.78, 5) is 3.93. The highest BCUT2D eigenvalue weighted by Crippen LogP contribution is 2.12. The van der Waals surface area contributed by atoms with Crippen LogP contribution in [0.3, 0.4) is 0 Å². The first-order valence-corrected chi connectivity index (χ1v) is 6.06. The molecule has 0 radical (unpaired) electrons. The van der Waals surface area contributed by atoms with Gasteiger partial charge in [0, 0.05) is 10.7 Å². The molecular weight excluding hydrogens is 280 g/mol. The lowest BCUT2D eigenvalue weighted by atomic mass is 10.2. The minimum absolute atomic E-state index is 0.523. The van der Waals surface area contributed by atoms with Crippen LogP contribution >= 0.6 is 15.9 Å². The second-order valence-electron chi connectivity index (χ2n) is 3.71. The minimum Gasteiger partial charge on any atom is -0.384 e. The normalized spacial score (nSPS) is 10.4. The van der Waals surface area contributed by atoms with Gasteiger partial charge < -0.3 is 10.5 Å². The van der Waals surface area contributed by atoms with Crippen LogP contribution in [0.2, 0.25) is 0 Å². The van der Waals surface area contributed by atoms with Gasteiger partial charge in [0.1, 0.15) is 5.82 Å². The monoisotopic (exact) mass is 292 g/mol. The molecule has 2 aromatic rings. The summed E-state index contributed by atoms with van der Waals surface area (Å²) >= 11 is 3.40. The van der Waals surface area contributed by atoms with Gasteiger partial charge in [-0.15, -0.1) is 0 Å². The molecule has 0 aliphatic carbocycles. The van der Waals surface area contributed by atoms with Crippen molar-refractivity contribution < 1.29 is 4.74 Å². The van der Waals surface area contributed by atoms with E-state index in [9.17, 15) is 0 Å². The summed E-state index contributed by atoms with van der Waals surface area (Å²) < 4.78 is 6.67. The molecule has 0 spiro atoms. The Morgan fingerprint density at radius 3 is 2.47 bits per heavy atom. The topological polar surface area (TPSA) is 48.1 Å². The smallest absolute Gasteiger partial charge is 0.123 e. The summed E-state index contributed by atoms with van der Waals surface area (Å²) in [6, 6.07) is 11.8. The van der Waals surface area contributed by atoms with Crippen LogP contribution in [0.25, 0.3) is 0 Å². The number of halogens is 1. The van der Waals surface area contributed by atoms with Gasteiger partial charge in [0.2, 0.25) is 0 Å². The molecule has 0 saturated heterocycles. The van der Waals surface area contributed by atoms with E-state index < -0.39 is 0 Å². The van der Waals surface area contributed by atoms with Crippen molar-refractivity contribution in [1.82, 2.24) is 4.98 Å². The number of anilines is 1. The van der Waals surface area contributed by atoms with Crippen LogP contribution in [0.4, 0.5) is 5.82 Å². The Hall–Kier alpha value is -1.39. The number of hydrogen-bond donors (Lipinski definition) is 1. The maximum atomic E-state index is 5.60. The molecular formula is C13H13BrN2O. The molecule has 0 aliphatic rings. The number of rotatable bonds is 4. The van der Waals surface area contributed by atoms with Crippen LogP contribution in [-0.4, -0.2) is 4.98 Å². The average molecular weight is 293 g/mol. The molecule has 1 aromatic heterocycles. The number of ether oxygens (including phenoxy) is 1. The lowest BCUT2D eigenvalue weighted by molar-refractivity contribution is 0.107. The molecule has 1 heterocycles. The number of nitrogen functional groups attached to an aromatic ring is 1. The van der Waals surface area contributed by atoms with Crippen LogP contribution in [0.15, 0.2) is 47.1 Å². The zero-order valence-electron chi connectivity index (χ0n) is 9.27. The van der Waals surface area contributed by atoms with E-state index in [0.717, 1.165) is 15.6 Å². The molecule has 0 amide bonds. The number of aromatic nitrogens is 1. The van der Waals surface area contributed by atoms with Crippen molar-refractivity contribution in [2.24, 2.45) is 0 Å². The van der Waals surface area contributed by atoms with Crippen LogP contribution in [-0.2, 0) is 18.0 Å². The van der Waals surface area contributed by atoms with Gasteiger partial charge in [0.15, 0.2) is 0 Å². The SMILES string of the molecule is Nc1cc(COCc2ccc(Br)cc2)ccn1. The number of hydrogen-bond acceptors (Lipinski definition) is 3. The van der Waals surface area contributed by atoms with Gasteiger partial charge in [-0.1, -0.05) is 28.1 Å². The van der Waals surface area contributed by atoms with E-state index in [4.69, 9.17) is 10.5 Å². The van der Waals surface area contributed by atoms with Crippen molar-refractivity contribution in [3.05, 3.63) is 58.2 Å². The number of pyridine rings is 1. The Bertz CT molecular complexity index is 485. The minimum atomic E-state index is 0.523. The molecule has 0 atom stereocenters. The summed E-state index contributed by atoms with van der Waals surface area (Å²) in [7, 11) is 0. The molecule has 0 saturated carbocycles. The Morgan fingerprint density at radius 1 is 1.06 bits per heavy atom. The highest BCUT2D eigenvalue weighted by molar-refractivity contribution is 9.10. The number of nitrogens with zero attached hydrogens (tertiary/aromatic N) is 1. The van der Waals surface area contributed by atoms with Crippen molar-refractivity contribution in [2.45, 2.75) is 13.2 Å². The molecule has 4 heteroatoms. The fourth-order valence-electron chi connectivity index (χ4n) is 1.45. The van der Waals surface area contributed by atoms with Gasteiger partial charge in [-0.3, -0.25) is 0 Å². The first-order valence-electron chi connectivity index (χ1n) is 5.26. The predicted molar refractivity (Wildman–Crippen MR) is 71.3 cm³/mol. The highest BCUT2D eigenvalue weighted by atomic mass is 79.9. The Balaban J connectivity index is 1.85. The third-order valence-corrected chi connectivity index (χ3v) is 2.82. The maximum absolute atomic E-state index is 5.60. The van der Waals surface area contributed by atoms with Gasteiger partial charge in [-0.05, 0) is 35.4 Å². The van der Waals surface area contributed by atoms with E-state index in [-0.39, 0.29) is 0 Å². The zero-order valence-corrected chi connectivity index (χ0v) is 10.9. The van der Waals surface area contributed by atoms with Crippen LogP contribution in [0.5, 0.6) is 0 Å². The van der Waals surface area contributed by atoms with E-state index in [1.165, 1.54) is 0 Å². The Kier molecular flexibility index (Phi) is 4.12. The van der Waals surface area contributed by atoms with Gasteiger partial charge in [-0.25, -0.2) is 4.98 Å². The van der Waals surface area contributed by atoms with Crippen molar-refractivity contribution in [3.8, 4) is 0 Å². The molecule has 88 valence electrons. The Labute approximate surface area is 109 Å². The molecule has 0 fully saturated rings. The van der Waals surface area contributed by atoms with E-state index >= 15 is 0 Å². The molecule has 2 rings (SSSR count). The lowest BCUT2D eigenvalue weighted by Gasteiger charge is -2.05. The van der Waals surface area contributed by atoms with Gasteiger partial charge in [0.25, 0.3) is 0 Å². The maximum Gasteiger partial charge on any atom is 0.123 e. The van der Waals surface area contributed by atoms with Crippen molar-refractivity contribution in [2.75, 3.05) is 5.73 Å². The first kappa shape index (κ1) is 12.1. The molecule has 3 nitrogen and oxygen atoms in total. The summed E-state index contributed by atoms with van der Waals surface area (Å²) in [6.07, 6.45) is 1.69. The summed E-state index contributed by atoms with van der Waals surface area (Å²) in [6.45, 7) is 1.14. The highest BCUT2D eigenvalue weighted by Gasteiger charge is 1.96. The van der Waals surface area contributed by atoms with Gasteiger partial charge in [0.05, 0.1) is 13.2 Å². The van der Waals surface area contributed by atoms with Crippen LogP contribution in [0, 0.1) is 0 Å². The molecule has 1 aromatic carbocycles. The second kappa shape index (κ2) is 5.80. The third-order valence-electron chi connectivity index (χ3n) is 2.30. The standard InChI is InChI=1S/C13H13BrN2O/c14-12-3-1-10(2-4-12)8-17-9-11-5-6-16-13(15)7-11/h1-7H,8-9H2,(H2,15,16). The van der Waals surface area contributed by atoms with Crippen LogP contribution in [0.1, 0.15) is 11.1 Å². The third kappa shape index (κ3) is 3.84. The van der Waals surface area contributed by atoms with E-state index in [0.29, 0.717) is 19.0 Å². The Morgan fingerprint density at radius 2 is 1.76 bits per heavy atom.